The zero-order valence-electron chi connectivity index (χ0n) is 17.3. The Morgan fingerprint density at radius 3 is 2.17 bits per heavy atom. The van der Waals surface area contributed by atoms with Crippen LogP contribution < -0.4 is 0 Å². The minimum absolute atomic E-state index is 0.247. The van der Waals surface area contributed by atoms with Gasteiger partial charge in [-0.05, 0) is 43.7 Å². The van der Waals surface area contributed by atoms with Crippen LogP contribution in [-0.2, 0) is 21.1 Å². The van der Waals surface area contributed by atoms with Gasteiger partial charge in [-0.3, -0.25) is 4.90 Å². The molecule has 0 amide bonds. The molecule has 4 rings (SSSR count). The van der Waals surface area contributed by atoms with E-state index in [4.69, 9.17) is 9.26 Å². The molecule has 0 spiro atoms. The molecular formula is C22H25N3O4S. The topological polar surface area (TPSA) is 85.5 Å². The van der Waals surface area contributed by atoms with Crippen LogP contribution in [0.2, 0.25) is 0 Å². The summed E-state index contributed by atoms with van der Waals surface area (Å²) in [6.45, 7) is 6.95. The van der Waals surface area contributed by atoms with Gasteiger partial charge >= 0.3 is 0 Å². The van der Waals surface area contributed by atoms with E-state index in [0.29, 0.717) is 17.3 Å². The molecule has 7 nitrogen and oxygen atoms in total. The third kappa shape index (κ3) is 4.77. The van der Waals surface area contributed by atoms with Crippen molar-refractivity contribution in [2.45, 2.75) is 37.5 Å². The molecule has 30 heavy (non-hydrogen) atoms. The lowest BCUT2D eigenvalue weighted by atomic mass is 10.1. The van der Waals surface area contributed by atoms with E-state index in [1.165, 1.54) is 24.0 Å². The van der Waals surface area contributed by atoms with Crippen molar-refractivity contribution in [3.8, 4) is 22.8 Å². The first-order chi connectivity index (χ1) is 14.3. The van der Waals surface area contributed by atoms with Gasteiger partial charge < -0.3 is 9.26 Å². The van der Waals surface area contributed by atoms with Crippen LogP contribution in [0, 0.1) is 0 Å². The summed E-state index contributed by atoms with van der Waals surface area (Å²) in [5.41, 5.74) is 2.76. The van der Waals surface area contributed by atoms with Crippen LogP contribution in [-0.4, -0.2) is 55.0 Å². The van der Waals surface area contributed by atoms with E-state index in [9.17, 15) is 8.42 Å². The largest absolute Gasteiger partial charge is 0.373 e. The van der Waals surface area contributed by atoms with Crippen molar-refractivity contribution in [2.24, 2.45) is 0 Å². The molecule has 0 aliphatic carbocycles. The number of sulfone groups is 1. The van der Waals surface area contributed by atoms with Crippen molar-refractivity contribution < 1.29 is 17.7 Å². The van der Waals surface area contributed by atoms with Gasteiger partial charge in [0.2, 0.25) is 5.82 Å². The third-order valence-electron chi connectivity index (χ3n) is 5.07. The van der Waals surface area contributed by atoms with Gasteiger partial charge in [0.25, 0.3) is 5.89 Å². The van der Waals surface area contributed by atoms with Gasteiger partial charge in [0.1, 0.15) is 0 Å². The Kier molecular flexibility index (Phi) is 5.73. The monoisotopic (exact) mass is 427 g/mol. The fraction of sp³-hybridized carbons (Fsp3) is 0.364. The predicted molar refractivity (Wildman–Crippen MR) is 114 cm³/mol. The summed E-state index contributed by atoms with van der Waals surface area (Å²) in [6, 6.07) is 14.6. The summed E-state index contributed by atoms with van der Waals surface area (Å²) < 4.78 is 34.4. The highest BCUT2D eigenvalue weighted by Gasteiger charge is 2.22. The second kappa shape index (κ2) is 8.29. The van der Waals surface area contributed by atoms with Crippen LogP contribution in [0.1, 0.15) is 19.4 Å². The van der Waals surface area contributed by atoms with Gasteiger partial charge in [0.05, 0.1) is 17.1 Å². The van der Waals surface area contributed by atoms with Crippen molar-refractivity contribution in [1.29, 1.82) is 0 Å². The summed E-state index contributed by atoms with van der Waals surface area (Å²) >= 11 is 0. The van der Waals surface area contributed by atoms with Crippen molar-refractivity contribution in [3.05, 3.63) is 54.1 Å². The molecule has 1 aliphatic heterocycles. The first-order valence-corrected chi connectivity index (χ1v) is 11.8. The van der Waals surface area contributed by atoms with Gasteiger partial charge in [-0.25, -0.2) is 8.42 Å². The maximum atomic E-state index is 11.6. The smallest absolute Gasteiger partial charge is 0.258 e. The van der Waals surface area contributed by atoms with Crippen LogP contribution in [0.4, 0.5) is 0 Å². The van der Waals surface area contributed by atoms with Crippen LogP contribution in [0.3, 0.4) is 0 Å². The summed E-state index contributed by atoms with van der Waals surface area (Å²) in [6.07, 6.45) is 1.67. The number of benzene rings is 2. The van der Waals surface area contributed by atoms with Crippen LogP contribution >= 0.6 is 0 Å². The van der Waals surface area contributed by atoms with Crippen LogP contribution in [0.25, 0.3) is 22.8 Å². The third-order valence-corrected chi connectivity index (χ3v) is 6.20. The molecule has 158 valence electrons. The number of ether oxygens (including phenoxy) is 1. The minimum atomic E-state index is -3.24. The molecule has 2 unspecified atom stereocenters. The maximum Gasteiger partial charge on any atom is 0.258 e. The Morgan fingerprint density at radius 2 is 1.57 bits per heavy atom. The van der Waals surface area contributed by atoms with Gasteiger partial charge in [0, 0.05) is 37.0 Å². The molecule has 0 radical (unpaired) electrons. The Labute approximate surface area is 176 Å². The Balaban J connectivity index is 1.46. The van der Waals surface area contributed by atoms with E-state index in [-0.39, 0.29) is 17.1 Å². The Bertz CT molecular complexity index is 1100. The van der Waals surface area contributed by atoms with Crippen molar-refractivity contribution in [3.63, 3.8) is 0 Å². The number of rotatable bonds is 5. The normalized spacial score (nSPS) is 20.4. The second-order valence-corrected chi connectivity index (χ2v) is 9.88. The highest BCUT2D eigenvalue weighted by Crippen LogP contribution is 2.24. The van der Waals surface area contributed by atoms with E-state index in [2.05, 4.69) is 41.0 Å². The Morgan fingerprint density at radius 1 is 0.967 bits per heavy atom. The number of morpholine rings is 1. The molecule has 2 aromatic carbocycles. The summed E-state index contributed by atoms with van der Waals surface area (Å²) in [7, 11) is -3.24. The summed E-state index contributed by atoms with van der Waals surface area (Å²) in [5.74, 6) is 0.850. The molecular weight excluding hydrogens is 402 g/mol. The molecule has 2 heterocycles. The molecule has 8 heteroatoms. The van der Waals surface area contributed by atoms with Gasteiger partial charge in [-0.15, -0.1) is 0 Å². The Hall–Kier alpha value is -2.55. The van der Waals surface area contributed by atoms with Gasteiger partial charge in [-0.1, -0.05) is 29.4 Å². The SMILES string of the molecule is CC1CN(Cc2ccc(-c3noc(-c4ccc(S(C)(=O)=O)cc4)n3)cc2)CC(C)O1. The lowest BCUT2D eigenvalue weighted by molar-refractivity contribution is -0.0704. The van der Waals surface area contributed by atoms with Gasteiger partial charge in [-0.2, -0.15) is 4.98 Å². The second-order valence-electron chi connectivity index (χ2n) is 7.87. The lowest BCUT2D eigenvalue weighted by Gasteiger charge is -2.35. The molecule has 0 saturated carbocycles. The predicted octanol–water partition coefficient (Wildman–Crippen LogP) is 3.42. The molecule has 1 fully saturated rings. The van der Waals surface area contributed by atoms with E-state index in [0.717, 1.165) is 25.2 Å². The van der Waals surface area contributed by atoms with Crippen LogP contribution in [0.15, 0.2) is 57.9 Å². The van der Waals surface area contributed by atoms with Crippen molar-refractivity contribution >= 4 is 9.84 Å². The number of hydrogen-bond donors (Lipinski definition) is 0. The minimum Gasteiger partial charge on any atom is -0.373 e. The maximum absolute atomic E-state index is 11.6. The number of hydrogen-bond acceptors (Lipinski definition) is 7. The average molecular weight is 428 g/mol. The van der Waals surface area contributed by atoms with Crippen molar-refractivity contribution in [2.75, 3.05) is 19.3 Å². The lowest BCUT2D eigenvalue weighted by Crippen LogP contribution is -2.44. The fourth-order valence-electron chi connectivity index (χ4n) is 3.73. The van der Waals surface area contributed by atoms with E-state index in [1.807, 2.05) is 12.1 Å². The average Bonchev–Trinajstić information content (AvgIpc) is 3.17. The first-order valence-electron chi connectivity index (χ1n) is 9.89. The zero-order chi connectivity index (χ0) is 21.3. The number of nitrogens with zero attached hydrogens (tertiary/aromatic N) is 3. The van der Waals surface area contributed by atoms with E-state index >= 15 is 0 Å². The summed E-state index contributed by atoms with van der Waals surface area (Å²) in [4.78, 5) is 7.11. The van der Waals surface area contributed by atoms with Crippen molar-refractivity contribution in [1.82, 2.24) is 15.0 Å². The highest BCUT2D eigenvalue weighted by molar-refractivity contribution is 7.90. The standard InChI is InChI=1S/C22H25N3O4S/c1-15-12-25(13-16(2)28-15)14-17-4-6-18(7-5-17)21-23-22(29-24-21)19-8-10-20(11-9-19)30(3,26)27/h4-11,15-16H,12-14H2,1-3H3. The molecule has 1 saturated heterocycles. The molecule has 0 N–H and O–H groups in total. The zero-order valence-corrected chi connectivity index (χ0v) is 18.1. The number of aromatic nitrogens is 2. The van der Waals surface area contributed by atoms with E-state index < -0.39 is 9.84 Å². The highest BCUT2D eigenvalue weighted by atomic mass is 32.2. The van der Waals surface area contributed by atoms with Crippen LogP contribution in [0.5, 0.6) is 0 Å². The molecule has 0 bridgehead atoms. The molecule has 3 aromatic rings. The summed E-state index contributed by atoms with van der Waals surface area (Å²) in [5, 5.41) is 4.07. The molecule has 1 aromatic heterocycles. The molecule has 1 aliphatic rings. The van der Waals surface area contributed by atoms with Gasteiger partial charge in [0.15, 0.2) is 9.84 Å². The molecule has 2 atom stereocenters. The fourth-order valence-corrected chi connectivity index (χ4v) is 4.36. The quantitative estimate of drug-likeness (QED) is 0.617. The first kappa shape index (κ1) is 20.7. The van der Waals surface area contributed by atoms with E-state index in [1.54, 1.807) is 12.1 Å².